The maximum absolute atomic E-state index is 12.3. The smallest absolute Gasteiger partial charge is 0.257 e. The summed E-state index contributed by atoms with van der Waals surface area (Å²) in [4.78, 5) is 25.6. The van der Waals surface area contributed by atoms with Gasteiger partial charge in [0.05, 0.1) is 10.7 Å². The molecule has 0 radical (unpaired) electrons. The summed E-state index contributed by atoms with van der Waals surface area (Å²) in [5.41, 5.74) is 2.32. The number of methoxy groups -OCH3 is 1. The molecule has 0 saturated heterocycles. The molecule has 2 N–H and O–H groups in total. The van der Waals surface area contributed by atoms with Crippen molar-refractivity contribution < 1.29 is 14.3 Å². The minimum atomic E-state index is -0.295. The lowest BCUT2D eigenvalue weighted by molar-refractivity contribution is -0.128. The molecule has 0 atom stereocenters. The van der Waals surface area contributed by atoms with Crippen LogP contribution in [0.5, 0.6) is 5.75 Å². The number of anilines is 1. The number of halogens is 1. The second-order valence-corrected chi connectivity index (χ2v) is 7.81. The van der Waals surface area contributed by atoms with Crippen LogP contribution in [0.4, 0.5) is 5.69 Å². The van der Waals surface area contributed by atoms with Crippen molar-refractivity contribution in [3.8, 4) is 5.75 Å². The van der Waals surface area contributed by atoms with Gasteiger partial charge in [-0.3, -0.25) is 14.9 Å². The summed E-state index contributed by atoms with van der Waals surface area (Å²) < 4.78 is 6.04. The van der Waals surface area contributed by atoms with Gasteiger partial charge in [-0.15, -0.1) is 0 Å². The van der Waals surface area contributed by atoms with Crippen LogP contribution in [0, 0.1) is 3.57 Å². The molecule has 8 heteroatoms. The Morgan fingerprint density at radius 2 is 1.82 bits per heavy atom. The summed E-state index contributed by atoms with van der Waals surface area (Å²) in [6, 6.07) is 12.8. The average molecular weight is 511 g/mol. The molecular formula is C20H22IN3O3S. The van der Waals surface area contributed by atoms with Crippen LogP contribution in [0.15, 0.2) is 42.5 Å². The molecular weight excluding hydrogens is 489 g/mol. The Bertz CT molecular complexity index is 869. The fraction of sp³-hybridized carbons (Fsp3) is 0.250. The first kappa shape index (κ1) is 22.1. The number of carbonyl (C=O) groups excluding carboxylic acids is 2. The third-order valence-electron chi connectivity index (χ3n) is 3.98. The Balaban J connectivity index is 1.89. The molecule has 148 valence electrons. The molecule has 0 spiro atoms. The zero-order valence-electron chi connectivity index (χ0n) is 15.9. The van der Waals surface area contributed by atoms with Gasteiger partial charge in [-0.2, -0.15) is 0 Å². The summed E-state index contributed by atoms with van der Waals surface area (Å²) in [7, 11) is 5.08. The largest absolute Gasteiger partial charge is 0.496 e. The number of rotatable bonds is 6. The number of benzene rings is 2. The van der Waals surface area contributed by atoms with Crippen molar-refractivity contribution in [3.63, 3.8) is 0 Å². The van der Waals surface area contributed by atoms with Gasteiger partial charge in [-0.05, 0) is 77.1 Å². The molecule has 6 nitrogen and oxygen atoms in total. The topological polar surface area (TPSA) is 70.7 Å². The lowest BCUT2D eigenvalue weighted by Gasteiger charge is -2.12. The van der Waals surface area contributed by atoms with E-state index >= 15 is 0 Å². The van der Waals surface area contributed by atoms with E-state index < -0.39 is 0 Å². The van der Waals surface area contributed by atoms with Crippen LogP contribution >= 0.6 is 34.8 Å². The zero-order valence-corrected chi connectivity index (χ0v) is 18.9. The predicted octanol–water partition coefficient (Wildman–Crippen LogP) is 3.45. The van der Waals surface area contributed by atoms with E-state index in [9.17, 15) is 9.59 Å². The molecule has 2 rings (SSSR count). The summed E-state index contributed by atoms with van der Waals surface area (Å²) >= 11 is 7.33. The van der Waals surface area contributed by atoms with Crippen molar-refractivity contribution in [1.29, 1.82) is 0 Å². The van der Waals surface area contributed by atoms with Crippen LogP contribution in [-0.4, -0.2) is 43.0 Å². The second kappa shape index (κ2) is 10.4. The molecule has 2 aromatic rings. The quantitative estimate of drug-likeness (QED) is 0.460. The normalized spacial score (nSPS) is 10.1. The van der Waals surface area contributed by atoms with Gasteiger partial charge < -0.3 is 15.0 Å². The lowest BCUT2D eigenvalue weighted by atomic mass is 10.1. The average Bonchev–Trinajstić information content (AvgIpc) is 2.66. The maximum atomic E-state index is 12.3. The van der Waals surface area contributed by atoms with Gasteiger partial charge >= 0.3 is 0 Å². The molecule has 0 bridgehead atoms. The standard InChI is InChI=1S/C20H22IN3O3S/c1-24(2)18(25)11-6-13-4-8-15(9-5-13)22-20(28)23-19(26)14-7-10-17(27-3)16(21)12-14/h4-5,7-10,12H,6,11H2,1-3H3,(H2,22,23,26,28). The summed E-state index contributed by atoms with van der Waals surface area (Å²) in [6.07, 6.45) is 1.14. The molecule has 28 heavy (non-hydrogen) atoms. The van der Waals surface area contributed by atoms with Gasteiger partial charge in [0.15, 0.2) is 5.11 Å². The third-order valence-corrected chi connectivity index (χ3v) is 5.03. The van der Waals surface area contributed by atoms with E-state index in [0.29, 0.717) is 24.2 Å². The van der Waals surface area contributed by atoms with Gasteiger partial charge in [-0.1, -0.05) is 12.1 Å². The number of thiocarbonyl (C=S) groups is 1. The molecule has 0 aliphatic rings. The number of nitrogens with one attached hydrogen (secondary N) is 2. The van der Waals surface area contributed by atoms with Crippen LogP contribution in [0.25, 0.3) is 0 Å². The van der Waals surface area contributed by atoms with Crippen molar-refractivity contribution in [3.05, 3.63) is 57.2 Å². The number of hydrogen-bond donors (Lipinski definition) is 2. The highest BCUT2D eigenvalue weighted by molar-refractivity contribution is 14.1. The SMILES string of the molecule is COc1ccc(C(=O)NC(=S)Nc2ccc(CCC(=O)N(C)C)cc2)cc1I. The highest BCUT2D eigenvalue weighted by Gasteiger charge is 2.11. The van der Waals surface area contributed by atoms with Crippen LogP contribution in [-0.2, 0) is 11.2 Å². The Hall–Kier alpha value is -2.20. The first-order chi connectivity index (χ1) is 13.3. The highest BCUT2D eigenvalue weighted by atomic mass is 127. The number of aryl methyl sites for hydroxylation is 1. The molecule has 0 unspecified atom stereocenters. The van der Waals surface area contributed by atoms with Crippen LogP contribution in [0.2, 0.25) is 0 Å². The summed E-state index contributed by atoms with van der Waals surface area (Å²) in [5.74, 6) is 0.515. The number of carbonyl (C=O) groups is 2. The van der Waals surface area contributed by atoms with E-state index in [1.807, 2.05) is 24.3 Å². The number of hydrogen-bond acceptors (Lipinski definition) is 4. The highest BCUT2D eigenvalue weighted by Crippen LogP contribution is 2.21. The second-order valence-electron chi connectivity index (χ2n) is 6.24. The summed E-state index contributed by atoms with van der Waals surface area (Å²) in [6.45, 7) is 0. The van der Waals surface area contributed by atoms with Gasteiger partial charge in [0.25, 0.3) is 5.91 Å². The fourth-order valence-electron chi connectivity index (χ4n) is 2.37. The van der Waals surface area contributed by atoms with Crippen molar-refractivity contribution in [1.82, 2.24) is 10.2 Å². The van der Waals surface area contributed by atoms with Crippen molar-refractivity contribution in [2.24, 2.45) is 0 Å². The monoisotopic (exact) mass is 511 g/mol. The number of amides is 2. The molecule has 0 fully saturated rings. The molecule has 0 aromatic heterocycles. The number of ether oxygens (including phenoxy) is 1. The maximum Gasteiger partial charge on any atom is 0.257 e. The third kappa shape index (κ3) is 6.45. The van der Waals surface area contributed by atoms with E-state index in [0.717, 1.165) is 14.8 Å². The van der Waals surface area contributed by atoms with E-state index in [1.165, 1.54) is 0 Å². The Morgan fingerprint density at radius 3 is 2.39 bits per heavy atom. The Kier molecular flexibility index (Phi) is 8.18. The van der Waals surface area contributed by atoms with Gasteiger partial charge in [0.2, 0.25) is 5.91 Å². The first-order valence-electron chi connectivity index (χ1n) is 8.55. The van der Waals surface area contributed by atoms with E-state index in [4.69, 9.17) is 17.0 Å². The molecule has 0 aliphatic heterocycles. The fourth-order valence-corrected chi connectivity index (χ4v) is 3.32. The van der Waals surface area contributed by atoms with Crippen LogP contribution in [0.1, 0.15) is 22.3 Å². The number of nitrogens with zero attached hydrogens (tertiary/aromatic N) is 1. The molecule has 0 aliphatic carbocycles. The molecule has 2 amide bonds. The van der Waals surface area contributed by atoms with E-state index in [2.05, 4.69) is 33.2 Å². The first-order valence-corrected chi connectivity index (χ1v) is 10.0. The van der Waals surface area contributed by atoms with Gasteiger partial charge in [0, 0.05) is 31.8 Å². The Labute approximate surface area is 183 Å². The molecule has 0 heterocycles. The van der Waals surface area contributed by atoms with E-state index in [-0.39, 0.29) is 16.9 Å². The minimum absolute atomic E-state index is 0.0966. The van der Waals surface area contributed by atoms with Crippen LogP contribution < -0.4 is 15.4 Å². The molecule has 0 saturated carbocycles. The molecule has 2 aromatic carbocycles. The van der Waals surface area contributed by atoms with Crippen LogP contribution in [0.3, 0.4) is 0 Å². The Morgan fingerprint density at radius 1 is 1.14 bits per heavy atom. The van der Waals surface area contributed by atoms with Gasteiger partial charge in [-0.25, -0.2) is 0 Å². The van der Waals surface area contributed by atoms with Crippen molar-refractivity contribution in [2.75, 3.05) is 26.5 Å². The lowest BCUT2D eigenvalue weighted by Crippen LogP contribution is -2.34. The predicted molar refractivity (Wildman–Crippen MR) is 123 cm³/mol. The van der Waals surface area contributed by atoms with Gasteiger partial charge in [0.1, 0.15) is 5.75 Å². The summed E-state index contributed by atoms with van der Waals surface area (Å²) in [5, 5.41) is 5.87. The van der Waals surface area contributed by atoms with Crippen molar-refractivity contribution in [2.45, 2.75) is 12.8 Å². The minimum Gasteiger partial charge on any atom is -0.496 e. The van der Waals surface area contributed by atoms with Crippen molar-refractivity contribution >= 4 is 57.4 Å². The van der Waals surface area contributed by atoms with E-state index in [1.54, 1.807) is 44.3 Å². The zero-order chi connectivity index (χ0) is 20.7.